The van der Waals surface area contributed by atoms with Crippen LogP contribution in [0.3, 0.4) is 0 Å². The highest BCUT2D eigenvalue weighted by atomic mass is 32.2. The molecule has 4 heteroatoms. The van der Waals surface area contributed by atoms with E-state index in [1.807, 2.05) is 18.8 Å². The summed E-state index contributed by atoms with van der Waals surface area (Å²) < 4.78 is 0. The smallest absolute Gasteiger partial charge is 0.107 e. The molecule has 1 fully saturated rings. The Balaban J connectivity index is 2.34. The van der Waals surface area contributed by atoms with E-state index in [1.165, 1.54) is 0 Å². The molecule has 0 amide bonds. The van der Waals surface area contributed by atoms with Gasteiger partial charge in [0.2, 0.25) is 0 Å². The van der Waals surface area contributed by atoms with Crippen LogP contribution in [0, 0.1) is 17.2 Å². The van der Waals surface area contributed by atoms with Crippen molar-refractivity contribution in [2.45, 2.75) is 37.0 Å². The second kappa shape index (κ2) is 5.74. The molecule has 1 rings (SSSR count). The molecule has 0 bridgehead atoms. The summed E-state index contributed by atoms with van der Waals surface area (Å²) >= 11 is 1.90. The third-order valence-corrected chi connectivity index (χ3v) is 4.73. The van der Waals surface area contributed by atoms with Gasteiger partial charge in [0.25, 0.3) is 0 Å². The minimum Gasteiger partial charge on any atom is -0.396 e. The van der Waals surface area contributed by atoms with Crippen molar-refractivity contribution >= 4 is 11.8 Å². The fourth-order valence-corrected chi connectivity index (χ4v) is 3.27. The Labute approximate surface area is 96.2 Å². The third-order valence-electron chi connectivity index (χ3n) is 3.09. The molecule has 0 aliphatic heterocycles. The van der Waals surface area contributed by atoms with Gasteiger partial charge < -0.3 is 10.4 Å². The first-order chi connectivity index (χ1) is 7.15. The van der Waals surface area contributed by atoms with Gasteiger partial charge in [-0.2, -0.15) is 17.0 Å². The molecule has 86 valence electrons. The maximum absolute atomic E-state index is 9.10. The van der Waals surface area contributed by atoms with Crippen LogP contribution in [0.2, 0.25) is 0 Å². The molecule has 3 unspecified atom stereocenters. The molecule has 0 aromatic heterocycles. The first-order valence-corrected chi connectivity index (χ1v) is 6.53. The molecular weight excluding hydrogens is 208 g/mol. The van der Waals surface area contributed by atoms with Crippen LogP contribution in [-0.4, -0.2) is 35.3 Å². The summed E-state index contributed by atoms with van der Waals surface area (Å²) in [6, 6.07) is 2.38. The Kier molecular flexibility index (Phi) is 4.91. The van der Waals surface area contributed by atoms with E-state index in [0.29, 0.717) is 11.2 Å². The van der Waals surface area contributed by atoms with Crippen molar-refractivity contribution in [2.75, 3.05) is 19.4 Å². The lowest BCUT2D eigenvalue weighted by Crippen LogP contribution is -2.38. The SMILES string of the molecule is CNC1(C#N)CCC(SCC(C)CO)C1. The minimum absolute atomic E-state index is 0.259. The van der Waals surface area contributed by atoms with Crippen molar-refractivity contribution < 1.29 is 5.11 Å². The van der Waals surface area contributed by atoms with E-state index in [-0.39, 0.29) is 12.1 Å². The van der Waals surface area contributed by atoms with Crippen molar-refractivity contribution in [1.29, 1.82) is 5.26 Å². The molecule has 0 saturated heterocycles. The first-order valence-electron chi connectivity index (χ1n) is 5.48. The van der Waals surface area contributed by atoms with E-state index in [2.05, 4.69) is 18.3 Å². The highest BCUT2D eigenvalue weighted by Gasteiger charge is 2.38. The van der Waals surface area contributed by atoms with Crippen molar-refractivity contribution in [3.63, 3.8) is 0 Å². The largest absolute Gasteiger partial charge is 0.396 e. The quantitative estimate of drug-likeness (QED) is 0.746. The second-order valence-electron chi connectivity index (χ2n) is 4.43. The summed E-state index contributed by atoms with van der Waals surface area (Å²) in [5.41, 5.74) is -0.292. The minimum atomic E-state index is -0.292. The Bertz CT molecular complexity index is 241. The molecule has 0 heterocycles. The lowest BCUT2D eigenvalue weighted by Gasteiger charge is -2.20. The third kappa shape index (κ3) is 3.37. The zero-order valence-corrected chi connectivity index (χ0v) is 10.3. The number of aliphatic hydroxyl groups is 1. The summed E-state index contributed by atoms with van der Waals surface area (Å²) in [5.74, 6) is 1.36. The fraction of sp³-hybridized carbons (Fsp3) is 0.909. The van der Waals surface area contributed by atoms with Gasteiger partial charge in [0.1, 0.15) is 5.54 Å². The lowest BCUT2D eigenvalue weighted by molar-refractivity contribution is 0.250. The van der Waals surface area contributed by atoms with Gasteiger partial charge in [-0.3, -0.25) is 0 Å². The molecule has 1 aliphatic carbocycles. The van der Waals surface area contributed by atoms with E-state index < -0.39 is 0 Å². The number of rotatable bonds is 5. The molecule has 3 nitrogen and oxygen atoms in total. The molecule has 0 radical (unpaired) electrons. The van der Waals surface area contributed by atoms with Crippen LogP contribution >= 0.6 is 11.8 Å². The Morgan fingerprint density at radius 3 is 2.93 bits per heavy atom. The number of hydrogen-bond donors (Lipinski definition) is 2. The van der Waals surface area contributed by atoms with Gasteiger partial charge in [-0.05, 0) is 38.0 Å². The monoisotopic (exact) mass is 228 g/mol. The highest BCUT2D eigenvalue weighted by molar-refractivity contribution is 7.99. The lowest BCUT2D eigenvalue weighted by atomic mass is 10.0. The van der Waals surface area contributed by atoms with Gasteiger partial charge >= 0.3 is 0 Å². The predicted molar refractivity (Wildman–Crippen MR) is 63.8 cm³/mol. The normalized spacial score (nSPS) is 32.5. The van der Waals surface area contributed by atoms with Gasteiger partial charge in [0.05, 0.1) is 6.07 Å². The Morgan fingerprint density at radius 2 is 2.47 bits per heavy atom. The number of aliphatic hydroxyl groups excluding tert-OH is 1. The van der Waals surface area contributed by atoms with E-state index in [9.17, 15) is 0 Å². The van der Waals surface area contributed by atoms with Crippen LogP contribution in [0.1, 0.15) is 26.2 Å². The average Bonchev–Trinajstić information content (AvgIpc) is 2.70. The molecule has 2 N–H and O–H groups in total. The van der Waals surface area contributed by atoms with Gasteiger partial charge in [-0.15, -0.1) is 0 Å². The van der Waals surface area contributed by atoms with Crippen molar-refractivity contribution in [2.24, 2.45) is 5.92 Å². The zero-order valence-electron chi connectivity index (χ0n) is 9.49. The molecule has 0 spiro atoms. The van der Waals surface area contributed by atoms with Crippen LogP contribution in [0.4, 0.5) is 0 Å². The van der Waals surface area contributed by atoms with Crippen molar-refractivity contribution in [3.8, 4) is 6.07 Å². The van der Waals surface area contributed by atoms with E-state index in [4.69, 9.17) is 10.4 Å². The summed E-state index contributed by atoms with van der Waals surface area (Å²) in [4.78, 5) is 0. The predicted octanol–water partition coefficient (Wildman–Crippen LogP) is 1.38. The molecule has 1 aliphatic rings. The Hall–Kier alpha value is -0.240. The maximum atomic E-state index is 9.10. The summed E-state index contributed by atoms with van der Waals surface area (Å²) in [5, 5.41) is 21.7. The summed E-state index contributed by atoms with van der Waals surface area (Å²) in [6.45, 7) is 2.31. The molecule has 0 aromatic rings. The molecule has 3 atom stereocenters. The first kappa shape index (κ1) is 12.8. The van der Waals surface area contributed by atoms with E-state index >= 15 is 0 Å². The van der Waals surface area contributed by atoms with Crippen LogP contribution in [0.15, 0.2) is 0 Å². The second-order valence-corrected chi connectivity index (χ2v) is 5.76. The highest BCUT2D eigenvalue weighted by Crippen LogP contribution is 2.37. The fourth-order valence-electron chi connectivity index (χ4n) is 1.88. The van der Waals surface area contributed by atoms with Crippen LogP contribution in [0.5, 0.6) is 0 Å². The Morgan fingerprint density at radius 1 is 1.73 bits per heavy atom. The van der Waals surface area contributed by atoms with Crippen molar-refractivity contribution in [1.82, 2.24) is 5.32 Å². The number of nitrogens with one attached hydrogen (secondary N) is 1. The maximum Gasteiger partial charge on any atom is 0.107 e. The van der Waals surface area contributed by atoms with Crippen LogP contribution in [-0.2, 0) is 0 Å². The van der Waals surface area contributed by atoms with Crippen LogP contribution in [0.25, 0.3) is 0 Å². The van der Waals surface area contributed by atoms with E-state index in [0.717, 1.165) is 25.0 Å². The summed E-state index contributed by atoms with van der Waals surface area (Å²) in [7, 11) is 1.87. The topological polar surface area (TPSA) is 56.0 Å². The molecule has 15 heavy (non-hydrogen) atoms. The molecule has 0 aromatic carbocycles. The number of hydrogen-bond acceptors (Lipinski definition) is 4. The van der Waals surface area contributed by atoms with Gasteiger partial charge in [-0.1, -0.05) is 6.92 Å². The summed E-state index contributed by atoms with van der Waals surface area (Å²) in [6.07, 6.45) is 2.99. The standard InChI is InChI=1S/C11H20N2OS/c1-9(6-14)7-15-10-3-4-11(5-10,8-12)13-2/h9-10,13-14H,3-7H2,1-2H3. The molecule has 1 saturated carbocycles. The van der Waals surface area contributed by atoms with Crippen molar-refractivity contribution in [3.05, 3.63) is 0 Å². The average molecular weight is 228 g/mol. The van der Waals surface area contributed by atoms with Gasteiger partial charge in [0.15, 0.2) is 0 Å². The van der Waals surface area contributed by atoms with Gasteiger partial charge in [-0.25, -0.2) is 0 Å². The van der Waals surface area contributed by atoms with Gasteiger partial charge in [0, 0.05) is 11.9 Å². The number of nitrogens with zero attached hydrogens (tertiary/aromatic N) is 1. The number of thioether (sulfide) groups is 1. The van der Waals surface area contributed by atoms with Crippen LogP contribution < -0.4 is 5.32 Å². The number of nitriles is 1. The molecular formula is C11H20N2OS. The van der Waals surface area contributed by atoms with E-state index in [1.54, 1.807) is 0 Å². The zero-order chi connectivity index (χ0) is 11.3.